The molecule has 0 aromatic heterocycles. The van der Waals surface area contributed by atoms with E-state index in [2.05, 4.69) is 35.6 Å². The SMILES string of the molecule is Cc1ccc(C)c(O[C@@H](C)C(=O)Nc2ccc(C34CC5CC(CC(C5)C3)C4)cc2)c1. The molecule has 4 aliphatic carbocycles. The summed E-state index contributed by atoms with van der Waals surface area (Å²) in [6, 6.07) is 14.8. The molecule has 0 spiro atoms. The van der Waals surface area contributed by atoms with E-state index >= 15 is 0 Å². The average molecular weight is 404 g/mol. The Morgan fingerprint density at radius 1 is 0.967 bits per heavy atom. The molecule has 4 bridgehead atoms. The van der Waals surface area contributed by atoms with E-state index in [1.165, 1.54) is 44.1 Å². The summed E-state index contributed by atoms with van der Waals surface area (Å²) in [5.41, 5.74) is 4.91. The van der Waals surface area contributed by atoms with Crippen molar-refractivity contribution in [2.75, 3.05) is 5.32 Å². The van der Waals surface area contributed by atoms with Crippen molar-refractivity contribution in [2.24, 2.45) is 17.8 Å². The Labute approximate surface area is 180 Å². The van der Waals surface area contributed by atoms with Crippen LogP contribution in [-0.4, -0.2) is 12.0 Å². The Morgan fingerprint density at radius 2 is 1.57 bits per heavy atom. The third-order valence-corrected chi connectivity index (χ3v) is 7.82. The number of amides is 1. The summed E-state index contributed by atoms with van der Waals surface area (Å²) < 4.78 is 5.94. The normalized spacial score (nSPS) is 30.2. The fourth-order valence-electron chi connectivity index (χ4n) is 6.69. The highest BCUT2D eigenvalue weighted by Gasteiger charge is 2.51. The lowest BCUT2D eigenvalue weighted by atomic mass is 9.48. The predicted molar refractivity (Wildman–Crippen MR) is 121 cm³/mol. The highest BCUT2D eigenvalue weighted by atomic mass is 16.5. The average Bonchev–Trinajstić information content (AvgIpc) is 2.70. The zero-order valence-corrected chi connectivity index (χ0v) is 18.4. The van der Waals surface area contributed by atoms with E-state index in [1.807, 2.05) is 26.0 Å². The second-order valence-electron chi connectivity index (χ2n) is 10.3. The molecule has 2 aromatic rings. The number of benzene rings is 2. The summed E-state index contributed by atoms with van der Waals surface area (Å²) in [6.45, 7) is 5.84. The molecule has 0 aliphatic heterocycles. The molecule has 0 radical (unpaired) electrons. The van der Waals surface area contributed by atoms with Crippen LogP contribution < -0.4 is 10.1 Å². The van der Waals surface area contributed by atoms with Crippen molar-refractivity contribution in [3.8, 4) is 5.75 Å². The van der Waals surface area contributed by atoms with Crippen molar-refractivity contribution in [1.82, 2.24) is 0 Å². The van der Waals surface area contributed by atoms with Gasteiger partial charge in [0.2, 0.25) is 0 Å². The number of hydrogen-bond donors (Lipinski definition) is 1. The van der Waals surface area contributed by atoms with E-state index < -0.39 is 6.10 Å². The van der Waals surface area contributed by atoms with Crippen LogP contribution in [0.25, 0.3) is 0 Å². The standard InChI is InChI=1S/C27H33NO2/c1-17-4-5-18(2)25(10-17)30-19(3)26(29)28-24-8-6-23(7-9-24)27-14-20-11-21(15-27)13-22(12-20)16-27/h4-10,19-22H,11-16H2,1-3H3,(H,28,29)/t19-,20?,21?,22?,27?/m0/s1. The summed E-state index contributed by atoms with van der Waals surface area (Å²) in [5, 5.41) is 3.03. The fourth-order valence-corrected chi connectivity index (χ4v) is 6.69. The molecule has 0 saturated heterocycles. The zero-order valence-electron chi connectivity index (χ0n) is 18.4. The number of ether oxygens (including phenoxy) is 1. The first-order chi connectivity index (χ1) is 14.4. The smallest absolute Gasteiger partial charge is 0.265 e. The van der Waals surface area contributed by atoms with Crippen LogP contribution in [0, 0.1) is 31.6 Å². The Balaban J connectivity index is 1.25. The molecule has 0 heterocycles. The van der Waals surface area contributed by atoms with Gasteiger partial charge in [-0.2, -0.15) is 0 Å². The lowest BCUT2D eigenvalue weighted by molar-refractivity contribution is -0.122. The first kappa shape index (κ1) is 19.7. The lowest BCUT2D eigenvalue weighted by Gasteiger charge is -2.57. The third-order valence-electron chi connectivity index (χ3n) is 7.82. The molecule has 4 fully saturated rings. The summed E-state index contributed by atoms with van der Waals surface area (Å²) in [6.07, 6.45) is 7.94. The van der Waals surface area contributed by atoms with Crippen LogP contribution in [0.3, 0.4) is 0 Å². The minimum absolute atomic E-state index is 0.113. The highest BCUT2D eigenvalue weighted by molar-refractivity contribution is 5.94. The van der Waals surface area contributed by atoms with Crippen LogP contribution in [0.4, 0.5) is 5.69 Å². The number of rotatable bonds is 5. The number of aryl methyl sites for hydroxylation is 2. The molecule has 1 N–H and O–H groups in total. The van der Waals surface area contributed by atoms with Crippen molar-refractivity contribution in [3.05, 3.63) is 59.2 Å². The monoisotopic (exact) mass is 403 g/mol. The number of anilines is 1. The van der Waals surface area contributed by atoms with Crippen LogP contribution in [0.5, 0.6) is 5.75 Å². The lowest BCUT2D eigenvalue weighted by Crippen LogP contribution is -2.48. The summed E-state index contributed by atoms with van der Waals surface area (Å²) >= 11 is 0. The second kappa shape index (κ2) is 7.44. The maximum atomic E-state index is 12.7. The Hall–Kier alpha value is -2.29. The van der Waals surface area contributed by atoms with Crippen LogP contribution >= 0.6 is 0 Å². The van der Waals surface area contributed by atoms with E-state index in [0.717, 1.165) is 40.3 Å². The van der Waals surface area contributed by atoms with Crippen molar-refractivity contribution in [1.29, 1.82) is 0 Å². The van der Waals surface area contributed by atoms with Crippen LogP contribution in [0.15, 0.2) is 42.5 Å². The maximum absolute atomic E-state index is 12.7. The Morgan fingerprint density at radius 3 is 2.17 bits per heavy atom. The van der Waals surface area contributed by atoms with E-state index in [9.17, 15) is 4.79 Å². The molecule has 3 heteroatoms. The number of nitrogens with one attached hydrogen (secondary N) is 1. The van der Waals surface area contributed by atoms with Gasteiger partial charge in [0, 0.05) is 5.69 Å². The van der Waals surface area contributed by atoms with Crippen molar-refractivity contribution in [3.63, 3.8) is 0 Å². The van der Waals surface area contributed by atoms with E-state index in [1.54, 1.807) is 6.92 Å². The van der Waals surface area contributed by atoms with Gasteiger partial charge in [-0.1, -0.05) is 24.3 Å². The zero-order chi connectivity index (χ0) is 20.9. The Bertz CT molecular complexity index is 911. The molecule has 2 aromatic carbocycles. The minimum Gasteiger partial charge on any atom is -0.481 e. The molecule has 4 aliphatic rings. The van der Waals surface area contributed by atoms with Gasteiger partial charge in [0.1, 0.15) is 5.75 Å². The predicted octanol–water partition coefficient (Wildman–Crippen LogP) is 6.18. The molecular formula is C27H33NO2. The quantitative estimate of drug-likeness (QED) is 0.647. The molecule has 6 rings (SSSR count). The molecule has 158 valence electrons. The summed E-state index contributed by atoms with van der Waals surface area (Å²) in [7, 11) is 0. The van der Waals surface area contributed by atoms with Gasteiger partial charge in [-0.05, 0) is 117 Å². The van der Waals surface area contributed by atoms with Gasteiger partial charge < -0.3 is 10.1 Å². The van der Waals surface area contributed by atoms with E-state index in [-0.39, 0.29) is 5.91 Å². The largest absolute Gasteiger partial charge is 0.481 e. The number of carbonyl (C=O) groups is 1. The molecular weight excluding hydrogens is 370 g/mol. The van der Waals surface area contributed by atoms with Crippen molar-refractivity contribution >= 4 is 11.6 Å². The number of hydrogen-bond acceptors (Lipinski definition) is 2. The van der Waals surface area contributed by atoms with Crippen molar-refractivity contribution in [2.45, 2.75) is 70.8 Å². The molecule has 4 saturated carbocycles. The van der Waals surface area contributed by atoms with Crippen LogP contribution in [-0.2, 0) is 10.2 Å². The molecule has 3 nitrogen and oxygen atoms in total. The third kappa shape index (κ3) is 3.64. The van der Waals surface area contributed by atoms with Gasteiger partial charge in [0.15, 0.2) is 6.10 Å². The molecule has 0 unspecified atom stereocenters. The van der Waals surface area contributed by atoms with Crippen LogP contribution in [0.2, 0.25) is 0 Å². The van der Waals surface area contributed by atoms with E-state index in [4.69, 9.17) is 4.74 Å². The first-order valence-electron chi connectivity index (χ1n) is 11.6. The fraction of sp³-hybridized carbons (Fsp3) is 0.519. The van der Waals surface area contributed by atoms with Gasteiger partial charge in [0.25, 0.3) is 5.91 Å². The van der Waals surface area contributed by atoms with Gasteiger partial charge in [-0.15, -0.1) is 0 Å². The van der Waals surface area contributed by atoms with Gasteiger partial charge in [-0.25, -0.2) is 0 Å². The van der Waals surface area contributed by atoms with E-state index in [0.29, 0.717) is 5.41 Å². The summed E-state index contributed by atoms with van der Waals surface area (Å²) in [4.78, 5) is 12.7. The summed E-state index contributed by atoms with van der Waals surface area (Å²) in [5.74, 6) is 3.49. The molecule has 30 heavy (non-hydrogen) atoms. The minimum atomic E-state index is -0.548. The van der Waals surface area contributed by atoms with Crippen molar-refractivity contribution < 1.29 is 9.53 Å². The molecule has 1 atom stereocenters. The van der Waals surface area contributed by atoms with Crippen LogP contribution in [0.1, 0.15) is 62.1 Å². The van der Waals surface area contributed by atoms with Gasteiger partial charge >= 0.3 is 0 Å². The maximum Gasteiger partial charge on any atom is 0.265 e. The van der Waals surface area contributed by atoms with Gasteiger partial charge in [-0.3, -0.25) is 4.79 Å². The number of carbonyl (C=O) groups excluding carboxylic acids is 1. The second-order valence-corrected chi connectivity index (χ2v) is 10.3. The topological polar surface area (TPSA) is 38.3 Å². The van der Waals surface area contributed by atoms with Gasteiger partial charge in [0.05, 0.1) is 0 Å². The Kier molecular flexibility index (Phi) is 4.88. The highest BCUT2D eigenvalue weighted by Crippen LogP contribution is 2.60. The first-order valence-corrected chi connectivity index (χ1v) is 11.6. The molecule has 1 amide bonds.